The number of morpholine rings is 1. The topological polar surface area (TPSA) is 159 Å². The van der Waals surface area contributed by atoms with Crippen LogP contribution in [0.4, 0.5) is 14.5 Å². The number of anilines is 1. The third-order valence-electron chi connectivity index (χ3n) is 14.5. The van der Waals surface area contributed by atoms with Gasteiger partial charge in [0.1, 0.15) is 22.9 Å². The van der Waals surface area contributed by atoms with E-state index >= 15 is 13.6 Å². The number of carbonyl (C=O) groups is 1. The van der Waals surface area contributed by atoms with E-state index in [4.69, 9.17) is 14.4 Å². The lowest BCUT2D eigenvalue weighted by molar-refractivity contribution is 0.0630. The van der Waals surface area contributed by atoms with Gasteiger partial charge in [-0.15, -0.1) is 0 Å². The molecule has 3 atom stereocenters. The Balaban J connectivity index is 1.04. The van der Waals surface area contributed by atoms with Crippen molar-refractivity contribution in [2.45, 2.75) is 64.0 Å². The van der Waals surface area contributed by atoms with E-state index in [0.29, 0.717) is 71.4 Å². The molecule has 0 radical (unpaired) electrons. The average Bonchev–Trinajstić information content (AvgIpc) is 3.71. The fraction of sp³-hybridized carbons (Fsp3) is 0.362. The number of ether oxygens (including phenoxy) is 1. The number of aryl methyl sites for hydroxylation is 3. The molecule has 3 aromatic carbocycles. The van der Waals surface area contributed by atoms with Crippen LogP contribution in [0.1, 0.15) is 77.8 Å². The first-order valence-corrected chi connectivity index (χ1v) is 22.0. The van der Waals surface area contributed by atoms with Crippen molar-refractivity contribution >= 4 is 33.4 Å². The van der Waals surface area contributed by atoms with Crippen molar-refractivity contribution in [3.8, 4) is 17.2 Å². The predicted molar refractivity (Wildman–Crippen MR) is 235 cm³/mol. The summed E-state index contributed by atoms with van der Waals surface area (Å²) in [5.41, 5.74) is 3.68. The predicted octanol–water partition coefficient (Wildman–Crippen LogP) is 6.10. The van der Waals surface area contributed by atoms with Gasteiger partial charge in [-0.25, -0.2) is 23.1 Å². The number of H-pyrrole nitrogens is 1. The molecule has 5 aromatic heterocycles. The molecule has 1 amide bonds. The summed E-state index contributed by atoms with van der Waals surface area (Å²) < 4.78 is 50.1. The van der Waals surface area contributed by atoms with Crippen LogP contribution >= 0.6 is 0 Å². The molecule has 1 saturated heterocycles. The number of fused-ring (bicyclic) bond motifs is 4. The smallest absolute Gasteiger partial charge is 0.378 e. The van der Waals surface area contributed by atoms with E-state index in [9.17, 15) is 9.59 Å². The first kappa shape index (κ1) is 39.5. The highest BCUT2D eigenvalue weighted by molar-refractivity contribution is 6.00. The molecular formula is C47H45F2N11O5. The number of carbonyl (C=O) groups excluding carboxylic acids is 1. The van der Waals surface area contributed by atoms with E-state index in [2.05, 4.69) is 39.2 Å². The zero-order valence-corrected chi connectivity index (χ0v) is 36.4. The molecule has 0 bridgehead atoms. The minimum absolute atomic E-state index is 0.00320. The van der Waals surface area contributed by atoms with Crippen molar-refractivity contribution in [1.29, 1.82) is 0 Å². The van der Waals surface area contributed by atoms with E-state index in [1.165, 1.54) is 21.5 Å². The summed E-state index contributed by atoms with van der Waals surface area (Å²) in [6.07, 6.45) is 6.63. The number of halogens is 2. The highest BCUT2D eigenvalue weighted by atomic mass is 19.1. The van der Waals surface area contributed by atoms with Crippen molar-refractivity contribution < 1.29 is 22.8 Å². The van der Waals surface area contributed by atoms with E-state index in [1.54, 1.807) is 60.7 Å². The number of nitrogens with zero attached hydrogens (tertiary/aromatic N) is 10. The zero-order valence-electron chi connectivity index (χ0n) is 36.4. The quantitative estimate of drug-likeness (QED) is 0.200. The number of amides is 1. The summed E-state index contributed by atoms with van der Waals surface area (Å²) in [6.45, 7) is 10.4. The largest absolute Gasteiger partial charge is 0.438 e. The molecule has 2 saturated carbocycles. The van der Waals surface area contributed by atoms with Gasteiger partial charge in [0.2, 0.25) is 0 Å². The van der Waals surface area contributed by atoms with Gasteiger partial charge in [0.25, 0.3) is 5.91 Å². The SMILES string of the molecule is Cc1cc(-n2nc3c(c2-n2ccn(-c4ccc5c(cnn5C)c4F)c2=O)[C@H](C)N(C(=O)c2cc4cc(N5CCOCC5)ccc4n2[C@@]2(c4noc(=O)[nH]4)C[C@@H]2C)CC32CC2)cc(C)c1F. The first-order chi connectivity index (χ1) is 31.3. The fourth-order valence-electron chi connectivity index (χ4n) is 10.8. The van der Waals surface area contributed by atoms with Crippen LogP contribution in [0, 0.1) is 31.4 Å². The van der Waals surface area contributed by atoms with Gasteiger partial charge in [-0.2, -0.15) is 10.2 Å². The maximum atomic E-state index is 16.2. The van der Waals surface area contributed by atoms with Crippen LogP contribution in [0.3, 0.4) is 0 Å². The van der Waals surface area contributed by atoms with Gasteiger partial charge in [0.15, 0.2) is 11.6 Å². The molecule has 2 aliphatic carbocycles. The Morgan fingerprint density at radius 2 is 1.63 bits per heavy atom. The Bertz CT molecular complexity index is 3410. The van der Waals surface area contributed by atoms with E-state index < -0.39 is 34.3 Å². The molecule has 332 valence electrons. The van der Waals surface area contributed by atoms with Gasteiger partial charge in [0.05, 0.1) is 53.4 Å². The van der Waals surface area contributed by atoms with Crippen LogP contribution in [0.5, 0.6) is 0 Å². The lowest BCUT2D eigenvalue weighted by Crippen LogP contribution is -2.45. The number of hydrogen-bond acceptors (Lipinski definition) is 9. The number of nitrogens with one attached hydrogen (secondary N) is 1. The number of aromatic amines is 1. The summed E-state index contributed by atoms with van der Waals surface area (Å²) in [4.78, 5) is 50.0. The summed E-state index contributed by atoms with van der Waals surface area (Å²) in [5, 5.41) is 14.8. The zero-order chi connectivity index (χ0) is 44.8. The van der Waals surface area contributed by atoms with Crippen LogP contribution in [0.15, 0.2) is 81.2 Å². The molecule has 4 aliphatic rings. The lowest BCUT2D eigenvalue weighted by atomic mass is 9.88. The number of rotatable bonds is 7. The normalized spacial score (nSPS) is 21.2. The van der Waals surface area contributed by atoms with E-state index in [-0.39, 0.29) is 28.7 Å². The molecule has 18 heteroatoms. The molecule has 1 spiro atoms. The van der Waals surface area contributed by atoms with Crippen LogP contribution < -0.4 is 16.3 Å². The second kappa shape index (κ2) is 13.7. The van der Waals surface area contributed by atoms with Gasteiger partial charge in [-0.3, -0.25) is 28.1 Å². The number of hydrogen-bond donors (Lipinski definition) is 1. The van der Waals surface area contributed by atoms with Gasteiger partial charge in [0, 0.05) is 66.6 Å². The van der Waals surface area contributed by atoms with Gasteiger partial charge >= 0.3 is 11.4 Å². The third kappa shape index (κ3) is 5.61. The Kier molecular flexibility index (Phi) is 8.34. The van der Waals surface area contributed by atoms with Crippen molar-refractivity contribution in [1.82, 2.24) is 48.3 Å². The van der Waals surface area contributed by atoms with E-state index in [1.807, 2.05) is 28.5 Å². The highest BCUT2D eigenvalue weighted by Crippen LogP contribution is 2.58. The van der Waals surface area contributed by atoms with Crippen LogP contribution in [0.25, 0.3) is 39.0 Å². The summed E-state index contributed by atoms with van der Waals surface area (Å²) in [6, 6.07) is 14.2. The van der Waals surface area contributed by atoms with Crippen LogP contribution in [-0.4, -0.2) is 87.1 Å². The molecule has 65 heavy (non-hydrogen) atoms. The van der Waals surface area contributed by atoms with Crippen molar-refractivity contribution in [3.63, 3.8) is 0 Å². The molecule has 16 nitrogen and oxygen atoms in total. The van der Waals surface area contributed by atoms with Gasteiger partial charge in [-0.05, 0) is 106 Å². The molecule has 2 aliphatic heterocycles. The molecule has 8 aromatic rings. The second-order valence-corrected chi connectivity index (χ2v) is 18.4. The molecule has 0 unspecified atom stereocenters. The fourth-order valence-corrected chi connectivity index (χ4v) is 10.8. The lowest BCUT2D eigenvalue weighted by Gasteiger charge is -2.38. The molecule has 12 rings (SSSR count). The first-order valence-electron chi connectivity index (χ1n) is 22.0. The van der Waals surface area contributed by atoms with Crippen LogP contribution in [0.2, 0.25) is 0 Å². The maximum absolute atomic E-state index is 16.2. The Labute approximate surface area is 369 Å². The van der Waals surface area contributed by atoms with Crippen LogP contribution in [-0.2, 0) is 22.7 Å². The second-order valence-electron chi connectivity index (χ2n) is 18.4. The standard InChI is InChI=1S/C47H45F2N11O5/c1-25-18-31(19-26(2)38(25)48)60-41(57-13-12-56(45(57)63)35-9-8-34-32(39(35)49)23-50-54(34)5)37-28(4)58(24-46(10-11-46)40(37)52-60)42(61)36-21-29-20-30(55-14-16-64-17-15-55)6-7-33(29)59(36)47(22-27(47)3)43-51-44(62)65-53-43/h6-9,12-13,18-21,23,27-28H,10-11,14-17,22,24H2,1-5H3,(H,51,53,62)/t27-,28-,47-/m0/s1. The van der Waals surface area contributed by atoms with Gasteiger partial charge < -0.3 is 19.1 Å². The van der Waals surface area contributed by atoms with Gasteiger partial charge in [-0.1, -0.05) is 12.1 Å². The van der Waals surface area contributed by atoms with Crippen molar-refractivity contribution in [2.75, 3.05) is 37.7 Å². The molecule has 7 heterocycles. The Morgan fingerprint density at radius 1 is 0.908 bits per heavy atom. The third-order valence-corrected chi connectivity index (χ3v) is 14.5. The van der Waals surface area contributed by atoms with Crippen molar-refractivity contribution in [3.05, 3.63) is 134 Å². The minimum atomic E-state index is -0.862. The number of aromatic nitrogens is 9. The highest BCUT2D eigenvalue weighted by Gasteiger charge is 2.60. The summed E-state index contributed by atoms with van der Waals surface area (Å²) in [5.74, 6) is -1.14. The summed E-state index contributed by atoms with van der Waals surface area (Å²) >= 11 is 0. The van der Waals surface area contributed by atoms with E-state index in [0.717, 1.165) is 48.2 Å². The molecular weight excluding hydrogens is 837 g/mol. The monoisotopic (exact) mass is 881 g/mol. The average molecular weight is 882 g/mol. The Morgan fingerprint density at radius 3 is 2.32 bits per heavy atom. The number of benzene rings is 3. The molecule has 3 fully saturated rings. The maximum Gasteiger partial charge on any atom is 0.438 e. The van der Waals surface area contributed by atoms with Crippen molar-refractivity contribution in [2.24, 2.45) is 13.0 Å². The summed E-state index contributed by atoms with van der Waals surface area (Å²) in [7, 11) is 1.72. The molecule has 1 N–H and O–H groups in total. The number of imidazole rings is 1. The minimum Gasteiger partial charge on any atom is -0.378 e. The Hall–Kier alpha value is -7.08.